The summed E-state index contributed by atoms with van der Waals surface area (Å²) < 4.78 is 14.1. The van der Waals surface area contributed by atoms with Crippen LogP contribution in [0.2, 0.25) is 6.82 Å². The molecular formula is C8H11BNO2+. The van der Waals surface area contributed by atoms with E-state index >= 15 is 0 Å². The van der Waals surface area contributed by atoms with E-state index in [-0.39, 0.29) is 7.12 Å². The van der Waals surface area contributed by atoms with E-state index in [0.29, 0.717) is 0 Å². The lowest BCUT2D eigenvalue weighted by molar-refractivity contribution is 0.388. The van der Waals surface area contributed by atoms with Gasteiger partial charge in [-0.15, -0.1) is 4.67 Å². The van der Waals surface area contributed by atoms with E-state index < -0.39 is 0 Å². The van der Waals surface area contributed by atoms with E-state index in [4.69, 9.17) is 9.31 Å². The van der Waals surface area contributed by atoms with E-state index in [1.54, 1.807) is 18.4 Å². The fourth-order valence-electron chi connectivity index (χ4n) is 0.941. The summed E-state index contributed by atoms with van der Waals surface area (Å²) in [7, 11) is -0.179. The average molecular weight is 164 g/mol. The van der Waals surface area contributed by atoms with E-state index in [9.17, 15) is 0 Å². The van der Waals surface area contributed by atoms with Crippen LogP contribution in [-0.2, 0) is 9.31 Å². The summed E-state index contributed by atoms with van der Waals surface area (Å²) in [6, 6.07) is 0. The maximum atomic E-state index is 5.31. The zero-order valence-corrected chi connectivity index (χ0v) is 7.28. The molecule has 4 heteroatoms. The smallest absolute Gasteiger partial charge is 0.527 e. The maximum absolute atomic E-state index is 5.31. The molecule has 1 rings (SSSR count). The Balaban J connectivity index is 2.63. The Bertz CT molecular complexity index is 277. The molecule has 0 amide bonds. The van der Waals surface area contributed by atoms with Crippen LogP contribution in [0.15, 0.2) is 23.7 Å². The Morgan fingerprint density at radius 1 is 1.50 bits per heavy atom. The molecule has 3 nitrogen and oxygen atoms in total. The van der Waals surface area contributed by atoms with Crippen molar-refractivity contribution in [2.24, 2.45) is 0 Å². The first-order valence-corrected chi connectivity index (χ1v) is 3.74. The van der Waals surface area contributed by atoms with Gasteiger partial charge in [0.15, 0.2) is 0 Å². The van der Waals surface area contributed by atoms with Crippen LogP contribution >= 0.6 is 0 Å². The van der Waals surface area contributed by atoms with Crippen LogP contribution in [0.4, 0.5) is 0 Å². The van der Waals surface area contributed by atoms with Gasteiger partial charge in [-0.3, -0.25) is 0 Å². The van der Waals surface area contributed by atoms with Crippen LogP contribution in [0.5, 0.6) is 0 Å². The predicted molar refractivity (Wildman–Crippen MR) is 50.9 cm³/mol. The second kappa shape index (κ2) is 3.84. The van der Waals surface area contributed by atoms with Gasteiger partial charge in [-0.1, -0.05) is 0 Å². The van der Waals surface area contributed by atoms with Crippen LogP contribution in [0.3, 0.4) is 0 Å². The highest BCUT2D eigenvalue weighted by Crippen LogP contribution is 2.19. The molecule has 12 heavy (non-hydrogen) atoms. The minimum atomic E-state index is -0.179. The van der Waals surface area contributed by atoms with Crippen LogP contribution in [0.1, 0.15) is 6.92 Å². The molecule has 0 aromatic rings. The van der Waals surface area contributed by atoms with Crippen molar-refractivity contribution in [3.05, 3.63) is 23.7 Å². The van der Waals surface area contributed by atoms with Crippen LogP contribution in [0, 0.1) is 0 Å². The number of allylic oxidation sites excluding steroid dienone is 3. The lowest BCUT2D eigenvalue weighted by Gasteiger charge is -1.96. The molecule has 0 bridgehead atoms. The second-order valence-electron chi connectivity index (χ2n) is 2.41. The summed E-state index contributed by atoms with van der Waals surface area (Å²) in [4.78, 5) is 0. The molecule has 0 fully saturated rings. The van der Waals surface area contributed by atoms with Gasteiger partial charge in [-0.25, -0.2) is 0 Å². The lowest BCUT2D eigenvalue weighted by atomic mass is 9.97. The molecule has 1 heterocycles. The molecule has 0 aliphatic carbocycles. The second-order valence-corrected chi connectivity index (χ2v) is 2.41. The maximum Gasteiger partial charge on any atom is 0.591 e. The van der Waals surface area contributed by atoms with Gasteiger partial charge >= 0.3 is 7.12 Å². The van der Waals surface area contributed by atoms with Crippen LogP contribution < -0.4 is 4.67 Å². The highest BCUT2D eigenvalue weighted by molar-refractivity contribution is 6.44. The first-order valence-electron chi connectivity index (χ1n) is 3.74. The van der Waals surface area contributed by atoms with E-state index in [1.807, 2.05) is 13.7 Å². The van der Waals surface area contributed by atoms with Gasteiger partial charge in [0.1, 0.15) is 11.5 Å². The summed E-state index contributed by atoms with van der Waals surface area (Å²) in [6.07, 6.45) is 5.15. The molecule has 0 aromatic carbocycles. The average Bonchev–Trinajstić information content (AvgIpc) is 2.31. The standard InChI is InChI=1S/C8H11BNO2/c1-7-8(5-4-6-10-3)12-9(2)11-7/h4-6H,3H2,1-2H3/q+1/b5-4-. The first kappa shape index (κ1) is 8.69. The van der Waals surface area contributed by atoms with Gasteiger partial charge < -0.3 is 9.31 Å². The van der Waals surface area contributed by atoms with Crippen molar-refractivity contribution in [1.82, 2.24) is 4.67 Å². The normalized spacial score (nSPS) is 16.0. The van der Waals surface area contributed by atoms with Crippen molar-refractivity contribution in [3.8, 4) is 0 Å². The summed E-state index contributed by atoms with van der Waals surface area (Å²) in [5.41, 5.74) is 0. The number of hydrogen-bond donors (Lipinski definition) is 0. The largest absolute Gasteiger partial charge is 0.591 e. The van der Waals surface area contributed by atoms with Crippen LogP contribution in [0.25, 0.3) is 0 Å². The minimum absolute atomic E-state index is 0.179. The van der Waals surface area contributed by atoms with Gasteiger partial charge in [0.2, 0.25) is 0 Å². The fourth-order valence-corrected chi connectivity index (χ4v) is 0.941. The van der Waals surface area contributed by atoms with Gasteiger partial charge in [-0.05, 0) is 19.8 Å². The van der Waals surface area contributed by atoms with Gasteiger partial charge in [0, 0.05) is 6.08 Å². The number of rotatable bonds is 2. The zero-order valence-electron chi connectivity index (χ0n) is 7.28. The third-order valence-corrected chi connectivity index (χ3v) is 1.42. The van der Waals surface area contributed by atoms with Crippen molar-refractivity contribution < 1.29 is 9.31 Å². The Kier molecular flexibility index (Phi) is 2.78. The Labute approximate surface area is 72.3 Å². The molecule has 0 N–H and O–H groups in total. The highest BCUT2D eigenvalue weighted by atomic mass is 16.6. The summed E-state index contributed by atoms with van der Waals surface area (Å²) in [6.45, 7) is 7.03. The Morgan fingerprint density at radius 3 is 2.75 bits per heavy atom. The van der Waals surface area contributed by atoms with E-state index in [2.05, 4.69) is 11.4 Å². The SMILES string of the molecule is C=[N+]=C/C=C\C1=C(C)OB(C)O1. The van der Waals surface area contributed by atoms with E-state index in [0.717, 1.165) is 11.5 Å². The Morgan fingerprint density at radius 2 is 2.25 bits per heavy atom. The van der Waals surface area contributed by atoms with Gasteiger partial charge in [0.25, 0.3) is 12.9 Å². The molecule has 0 saturated carbocycles. The molecule has 0 atom stereocenters. The van der Waals surface area contributed by atoms with Crippen molar-refractivity contribution in [1.29, 1.82) is 0 Å². The molecule has 0 unspecified atom stereocenters. The van der Waals surface area contributed by atoms with E-state index in [1.165, 1.54) is 0 Å². The molecule has 0 saturated heterocycles. The zero-order chi connectivity index (χ0) is 8.97. The molecule has 1 aliphatic heterocycles. The molecule has 0 spiro atoms. The van der Waals surface area contributed by atoms with Gasteiger partial charge in [-0.2, -0.15) is 0 Å². The number of hydrogen-bond acceptors (Lipinski definition) is 2. The molecule has 0 radical (unpaired) electrons. The molecule has 0 aromatic heterocycles. The fraction of sp³-hybridized carbons (Fsp3) is 0.250. The molecular weight excluding hydrogens is 153 g/mol. The summed E-state index contributed by atoms with van der Waals surface area (Å²) in [5.74, 6) is 1.55. The number of nitrogens with zero attached hydrogens (tertiary/aromatic N) is 1. The topological polar surface area (TPSA) is 32.6 Å². The predicted octanol–water partition coefficient (Wildman–Crippen LogP) is 0.778. The van der Waals surface area contributed by atoms with Crippen LogP contribution in [-0.4, -0.2) is 20.1 Å². The van der Waals surface area contributed by atoms with Crippen molar-refractivity contribution in [2.75, 3.05) is 0 Å². The summed E-state index contributed by atoms with van der Waals surface area (Å²) in [5, 5.41) is 0. The third kappa shape index (κ3) is 2.04. The third-order valence-electron chi connectivity index (χ3n) is 1.42. The monoisotopic (exact) mass is 164 g/mol. The highest BCUT2D eigenvalue weighted by Gasteiger charge is 2.24. The molecule has 1 aliphatic rings. The molecule has 62 valence electrons. The quantitative estimate of drug-likeness (QED) is 0.343. The van der Waals surface area contributed by atoms with Crippen molar-refractivity contribution in [2.45, 2.75) is 13.7 Å². The summed E-state index contributed by atoms with van der Waals surface area (Å²) >= 11 is 0. The minimum Gasteiger partial charge on any atom is -0.527 e. The van der Waals surface area contributed by atoms with Crippen molar-refractivity contribution in [3.63, 3.8) is 0 Å². The Hall–Kier alpha value is -1.41. The van der Waals surface area contributed by atoms with Gasteiger partial charge in [0.05, 0.1) is 0 Å². The lowest BCUT2D eigenvalue weighted by Crippen LogP contribution is -2.07. The first-order chi connectivity index (χ1) is 5.74. The van der Waals surface area contributed by atoms with Crippen molar-refractivity contribution >= 4 is 20.1 Å².